The Labute approximate surface area is 171 Å². The van der Waals surface area contributed by atoms with Gasteiger partial charge in [-0.15, -0.1) is 0 Å². The van der Waals surface area contributed by atoms with Gasteiger partial charge < -0.3 is 4.74 Å². The molecule has 27 heavy (non-hydrogen) atoms. The second-order valence-electron chi connectivity index (χ2n) is 6.91. The molecule has 3 rings (SSSR count). The molecule has 1 aliphatic carbocycles. The maximum absolute atomic E-state index is 12.1. The van der Waals surface area contributed by atoms with Crippen molar-refractivity contribution in [3.63, 3.8) is 0 Å². The van der Waals surface area contributed by atoms with E-state index in [0.29, 0.717) is 21.5 Å². The van der Waals surface area contributed by atoms with Crippen molar-refractivity contribution in [2.24, 2.45) is 5.92 Å². The Hall–Kier alpha value is -1.60. The highest BCUT2D eigenvalue weighted by Crippen LogP contribution is 2.31. The first-order chi connectivity index (χ1) is 13.0. The Morgan fingerprint density at radius 1 is 1.26 bits per heavy atom. The van der Waals surface area contributed by atoms with Crippen LogP contribution in [0.15, 0.2) is 27.6 Å². The zero-order chi connectivity index (χ0) is 19.2. The van der Waals surface area contributed by atoms with E-state index in [2.05, 4.69) is 21.2 Å². The second kappa shape index (κ2) is 9.55. The average molecular weight is 452 g/mol. The number of nitrogens with one attached hydrogen (secondary N) is 1. The maximum atomic E-state index is 12.1. The fourth-order valence-electron chi connectivity index (χ4n) is 3.45. The van der Waals surface area contributed by atoms with Crippen LogP contribution in [-0.2, 0) is 9.59 Å². The standard InChI is InChI=1S/C20H22BrNO4S/c21-15-11-14(12-17-19(24)22-20(25)27-17)9-10-16(15)26-18(23)8-4-7-13-5-2-1-3-6-13/h9-13H,1-8H2,(H,22,24,25)/b17-12-. The van der Waals surface area contributed by atoms with Gasteiger partial charge in [0, 0.05) is 6.42 Å². The van der Waals surface area contributed by atoms with Crippen LogP contribution in [0.2, 0.25) is 0 Å². The summed E-state index contributed by atoms with van der Waals surface area (Å²) < 4.78 is 6.08. The van der Waals surface area contributed by atoms with Crippen molar-refractivity contribution >= 4 is 50.9 Å². The smallest absolute Gasteiger partial charge is 0.311 e. The van der Waals surface area contributed by atoms with Crippen LogP contribution in [0.5, 0.6) is 5.75 Å². The summed E-state index contributed by atoms with van der Waals surface area (Å²) >= 11 is 4.27. The number of rotatable bonds is 6. The Bertz CT molecular complexity index is 771. The van der Waals surface area contributed by atoms with Crippen LogP contribution in [0.1, 0.15) is 56.9 Å². The SMILES string of the molecule is O=C(CCCC1CCCCC1)Oc1ccc(/C=C2\SC(=O)NC2=O)cc1Br. The third kappa shape index (κ3) is 5.94. The van der Waals surface area contributed by atoms with E-state index >= 15 is 0 Å². The molecule has 0 aromatic heterocycles. The Kier molecular flexibility index (Phi) is 7.13. The molecule has 0 spiro atoms. The lowest BCUT2D eigenvalue weighted by molar-refractivity contribution is -0.134. The van der Waals surface area contributed by atoms with Crippen molar-refractivity contribution in [1.29, 1.82) is 0 Å². The largest absolute Gasteiger partial charge is 0.425 e. The van der Waals surface area contributed by atoms with Crippen LogP contribution in [0.4, 0.5) is 4.79 Å². The number of benzene rings is 1. The topological polar surface area (TPSA) is 72.5 Å². The first-order valence-electron chi connectivity index (χ1n) is 9.26. The normalized spacial score (nSPS) is 19.4. The summed E-state index contributed by atoms with van der Waals surface area (Å²) in [5.74, 6) is 0.603. The highest BCUT2D eigenvalue weighted by Gasteiger charge is 2.25. The fourth-order valence-corrected chi connectivity index (χ4v) is 4.61. The minimum absolute atomic E-state index is 0.228. The molecule has 0 radical (unpaired) electrons. The van der Waals surface area contributed by atoms with E-state index < -0.39 is 5.91 Å². The molecule has 1 aromatic carbocycles. The van der Waals surface area contributed by atoms with Crippen LogP contribution >= 0.6 is 27.7 Å². The van der Waals surface area contributed by atoms with E-state index in [0.717, 1.165) is 36.1 Å². The van der Waals surface area contributed by atoms with Gasteiger partial charge in [-0.05, 0) is 70.2 Å². The number of ether oxygens (including phenoxy) is 1. The van der Waals surface area contributed by atoms with Crippen molar-refractivity contribution in [2.45, 2.75) is 51.4 Å². The van der Waals surface area contributed by atoms with Gasteiger partial charge in [0.1, 0.15) is 5.75 Å². The van der Waals surface area contributed by atoms with E-state index in [1.807, 2.05) is 0 Å². The summed E-state index contributed by atoms with van der Waals surface area (Å²) in [5, 5.41) is 1.85. The molecule has 0 unspecified atom stereocenters. The molecule has 1 saturated heterocycles. The summed E-state index contributed by atoms with van der Waals surface area (Å²) in [5.41, 5.74) is 0.742. The van der Waals surface area contributed by atoms with E-state index in [-0.39, 0.29) is 11.2 Å². The van der Waals surface area contributed by atoms with Gasteiger partial charge in [-0.3, -0.25) is 19.7 Å². The minimum atomic E-state index is -0.394. The van der Waals surface area contributed by atoms with Crippen molar-refractivity contribution < 1.29 is 19.1 Å². The number of hydrogen-bond acceptors (Lipinski definition) is 5. The first kappa shape index (κ1) is 20.1. The van der Waals surface area contributed by atoms with Gasteiger partial charge in [-0.2, -0.15) is 0 Å². The van der Waals surface area contributed by atoms with E-state index in [9.17, 15) is 14.4 Å². The molecule has 7 heteroatoms. The summed E-state index contributed by atoms with van der Waals surface area (Å²) in [6, 6.07) is 5.20. The molecule has 2 aliphatic rings. The molecule has 1 aliphatic heterocycles. The highest BCUT2D eigenvalue weighted by molar-refractivity contribution is 9.10. The molecule has 1 aromatic rings. The van der Waals surface area contributed by atoms with Gasteiger partial charge in [0.25, 0.3) is 11.1 Å². The van der Waals surface area contributed by atoms with E-state index in [1.165, 1.54) is 32.1 Å². The zero-order valence-electron chi connectivity index (χ0n) is 15.0. The monoisotopic (exact) mass is 451 g/mol. The Balaban J connectivity index is 1.51. The third-order valence-corrected chi connectivity index (χ3v) is 6.27. The predicted octanol–water partition coefficient (Wildman–Crippen LogP) is 5.43. The summed E-state index contributed by atoms with van der Waals surface area (Å²) in [7, 11) is 0. The van der Waals surface area contributed by atoms with Crippen molar-refractivity contribution in [3.8, 4) is 5.75 Å². The van der Waals surface area contributed by atoms with Gasteiger partial charge in [-0.1, -0.05) is 38.2 Å². The molecule has 144 valence electrons. The number of hydrogen-bond donors (Lipinski definition) is 1. The molecule has 1 N–H and O–H groups in total. The van der Waals surface area contributed by atoms with Gasteiger partial charge in [-0.25, -0.2) is 0 Å². The molecule has 0 atom stereocenters. The lowest BCUT2D eigenvalue weighted by Gasteiger charge is -2.21. The van der Waals surface area contributed by atoms with E-state index in [4.69, 9.17) is 4.74 Å². The molecule has 2 amide bonds. The number of imide groups is 1. The molecule has 1 heterocycles. The first-order valence-corrected chi connectivity index (χ1v) is 10.9. The quantitative estimate of drug-likeness (QED) is 0.354. The number of thioether (sulfide) groups is 1. The van der Waals surface area contributed by atoms with Crippen molar-refractivity contribution in [1.82, 2.24) is 5.32 Å². The lowest BCUT2D eigenvalue weighted by Crippen LogP contribution is -2.17. The number of carbonyl (C=O) groups is 3. The minimum Gasteiger partial charge on any atom is -0.425 e. The summed E-state index contributed by atoms with van der Waals surface area (Å²) in [4.78, 5) is 35.3. The predicted molar refractivity (Wildman–Crippen MR) is 109 cm³/mol. The highest BCUT2D eigenvalue weighted by atomic mass is 79.9. The molecule has 1 saturated carbocycles. The molecular formula is C20H22BrNO4S. The van der Waals surface area contributed by atoms with Crippen molar-refractivity contribution in [3.05, 3.63) is 33.1 Å². The van der Waals surface area contributed by atoms with Gasteiger partial charge in [0.2, 0.25) is 0 Å². The van der Waals surface area contributed by atoms with Crippen molar-refractivity contribution in [2.75, 3.05) is 0 Å². The van der Waals surface area contributed by atoms with Crippen LogP contribution in [0.25, 0.3) is 6.08 Å². The fraction of sp³-hybridized carbons (Fsp3) is 0.450. The van der Waals surface area contributed by atoms with Gasteiger partial charge in [0.15, 0.2) is 0 Å². The zero-order valence-corrected chi connectivity index (χ0v) is 17.4. The number of carbonyl (C=O) groups excluding carboxylic acids is 3. The van der Waals surface area contributed by atoms with Crippen LogP contribution in [-0.4, -0.2) is 17.1 Å². The average Bonchev–Trinajstić information content (AvgIpc) is 2.95. The van der Waals surface area contributed by atoms with Crippen LogP contribution in [0.3, 0.4) is 0 Å². The Morgan fingerprint density at radius 3 is 2.70 bits per heavy atom. The molecule has 2 fully saturated rings. The lowest BCUT2D eigenvalue weighted by atomic mass is 9.86. The molecule has 0 bridgehead atoms. The third-order valence-electron chi connectivity index (χ3n) is 4.84. The number of amides is 2. The molecular weight excluding hydrogens is 430 g/mol. The van der Waals surface area contributed by atoms with Gasteiger partial charge in [0.05, 0.1) is 9.38 Å². The Morgan fingerprint density at radius 2 is 2.04 bits per heavy atom. The summed E-state index contributed by atoms with van der Waals surface area (Å²) in [6.07, 6.45) is 10.6. The summed E-state index contributed by atoms with van der Waals surface area (Å²) in [6.45, 7) is 0. The second-order valence-corrected chi connectivity index (χ2v) is 8.78. The number of esters is 1. The molecule has 5 nitrogen and oxygen atoms in total. The van der Waals surface area contributed by atoms with Gasteiger partial charge >= 0.3 is 5.97 Å². The van der Waals surface area contributed by atoms with E-state index in [1.54, 1.807) is 24.3 Å². The van der Waals surface area contributed by atoms with Crippen LogP contribution in [0, 0.1) is 5.92 Å². The number of halogens is 1. The van der Waals surface area contributed by atoms with Crippen LogP contribution < -0.4 is 10.1 Å². The maximum Gasteiger partial charge on any atom is 0.311 e.